The molecule has 0 aliphatic rings. The Bertz CT molecular complexity index is 933. The van der Waals surface area contributed by atoms with E-state index in [2.05, 4.69) is 15.6 Å². The number of benzene rings is 2. The Balaban J connectivity index is 1.59. The smallest absolute Gasteiger partial charge is 0.233 e. The van der Waals surface area contributed by atoms with Gasteiger partial charge in [-0.15, -0.1) is 0 Å². The van der Waals surface area contributed by atoms with E-state index in [9.17, 15) is 9.59 Å². The number of nitrogens with zero attached hydrogens (tertiary/aromatic N) is 1. The fourth-order valence-electron chi connectivity index (χ4n) is 2.65. The van der Waals surface area contributed by atoms with Gasteiger partial charge in [-0.25, -0.2) is 4.98 Å². The minimum absolute atomic E-state index is 0.253. The van der Waals surface area contributed by atoms with E-state index in [0.717, 1.165) is 16.7 Å². The first kappa shape index (κ1) is 17.4. The highest BCUT2D eigenvalue weighted by molar-refractivity contribution is 6.08. The number of oxazole rings is 1. The summed E-state index contributed by atoms with van der Waals surface area (Å²) in [7, 11) is 0. The third-order valence-corrected chi connectivity index (χ3v) is 3.83. The van der Waals surface area contributed by atoms with Crippen LogP contribution < -0.4 is 10.6 Å². The van der Waals surface area contributed by atoms with Gasteiger partial charge in [0.15, 0.2) is 12.2 Å². The second-order valence-electron chi connectivity index (χ2n) is 6.04. The minimum atomic E-state index is -0.373. The molecule has 6 heteroatoms. The SMILES string of the molecule is Cc1cccc(NC(=O)CC(=O)Nc2ccc(-c3cnco3)c(C)c2)c1. The zero-order chi connectivity index (χ0) is 18.5. The summed E-state index contributed by atoms with van der Waals surface area (Å²) in [5, 5.41) is 5.46. The van der Waals surface area contributed by atoms with Crippen LogP contribution in [0, 0.1) is 13.8 Å². The van der Waals surface area contributed by atoms with Crippen LogP contribution in [0.5, 0.6) is 0 Å². The van der Waals surface area contributed by atoms with Crippen LogP contribution in [0.4, 0.5) is 11.4 Å². The highest BCUT2D eigenvalue weighted by atomic mass is 16.3. The second kappa shape index (κ2) is 7.65. The molecular formula is C20H19N3O3. The number of hydrogen-bond acceptors (Lipinski definition) is 4. The molecule has 0 spiro atoms. The van der Waals surface area contributed by atoms with Crippen LogP contribution in [-0.4, -0.2) is 16.8 Å². The number of carbonyl (C=O) groups excluding carboxylic acids is 2. The van der Waals surface area contributed by atoms with E-state index < -0.39 is 0 Å². The van der Waals surface area contributed by atoms with Gasteiger partial charge in [-0.05, 0) is 55.3 Å². The van der Waals surface area contributed by atoms with Gasteiger partial charge in [0, 0.05) is 16.9 Å². The Morgan fingerprint density at radius 1 is 1.00 bits per heavy atom. The highest BCUT2D eigenvalue weighted by Gasteiger charge is 2.12. The first-order valence-corrected chi connectivity index (χ1v) is 8.17. The molecule has 1 heterocycles. The van der Waals surface area contributed by atoms with E-state index in [1.54, 1.807) is 18.3 Å². The monoisotopic (exact) mass is 349 g/mol. The fourth-order valence-corrected chi connectivity index (χ4v) is 2.65. The average Bonchev–Trinajstić information content (AvgIpc) is 3.08. The Morgan fingerprint density at radius 2 is 1.73 bits per heavy atom. The molecule has 0 radical (unpaired) electrons. The van der Waals surface area contributed by atoms with Crippen molar-refractivity contribution in [3.05, 3.63) is 66.2 Å². The zero-order valence-electron chi connectivity index (χ0n) is 14.6. The molecule has 3 aromatic rings. The lowest BCUT2D eigenvalue weighted by Crippen LogP contribution is -2.21. The predicted octanol–water partition coefficient (Wildman–Crippen LogP) is 3.93. The van der Waals surface area contributed by atoms with E-state index in [4.69, 9.17) is 4.42 Å². The van der Waals surface area contributed by atoms with Crippen LogP contribution >= 0.6 is 0 Å². The molecule has 0 saturated carbocycles. The molecule has 2 amide bonds. The Labute approximate surface area is 151 Å². The first-order valence-electron chi connectivity index (χ1n) is 8.17. The van der Waals surface area contributed by atoms with E-state index in [-0.39, 0.29) is 18.2 Å². The van der Waals surface area contributed by atoms with Crippen molar-refractivity contribution in [1.82, 2.24) is 4.98 Å². The maximum atomic E-state index is 12.1. The second-order valence-corrected chi connectivity index (χ2v) is 6.04. The van der Waals surface area contributed by atoms with Crippen LogP contribution in [0.15, 0.2) is 59.5 Å². The van der Waals surface area contributed by atoms with Crippen molar-refractivity contribution >= 4 is 23.2 Å². The Kier molecular flexibility index (Phi) is 5.12. The summed E-state index contributed by atoms with van der Waals surface area (Å²) in [5.41, 5.74) is 4.17. The summed E-state index contributed by atoms with van der Waals surface area (Å²) in [4.78, 5) is 28.0. The van der Waals surface area contributed by atoms with E-state index >= 15 is 0 Å². The van der Waals surface area contributed by atoms with Gasteiger partial charge in [-0.2, -0.15) is 0 Å². The number of amides is 2. The van der Waals surface area contributed by atoms with E-state index in [1.165, 1.54) is 6.39 Å². The molecule has 0 atom stereocenters. The molecule has 3 rings (SSSR count). The zero-order valence-corrected chi connectivity index (χ0v) is 14.6. The number of aromatic nitrogens is 1. The molecular weight excluding hydrogens is 330 g/mol. The molecule has 26 heavy (non-hydrogen) atoms. The van der Waals surface area contributed by atoms with Crippen LogP contribution in [0.1, 0.15) is 17.5 Å². The van der Waals surface area contributed by atoms with Crippen molar-refractivity contribution in [3.63, 3.8) is 0 Å². The first-order chi connectivity index (χ1) is 12.5. The van der Waals surface area contributed by atoms with Crippen molar-refractivity contribution in [1.29, 1.82) is 0 Å². The molecule has 2 aromatic carbocycles. The Hall–Kier alpha value is -3.41. The van der Waals surface area contributed by atoms with Gasteiger partial charge >= 0.3 is 0 Å². The van der Waals surface area contributed by atoms with Gasteiger partial charge in [-0.1, -0.05) is 12.1 Å². The normalized spacial score (nSPS) is 10.4. The number of aryl methyl sites for hydroxylation is 2. The van der Waals surface area contributed by atoms with E-state index in [1.807, 2.05) is 44.2 Å². The lowest BCUT2D eigenvalue weighted by Gasteiger charge is -2.09. The largest absolute Gasteiger partial charge is 0.444 e. The standard InChI is InChI=1S/C20H19N3O3/c1-13-4-3-5-15(8-13)22-19(24)10-20(25)23-16-6-7-17(14(2)9-16)18-11-21-12-26-18/h3-9,11-12H,10H2,1-2H3,(H,22,24)(H,23,25). The topological polar surface area (TPSA) is 84.2 Å². The summed E-state index contributed by atoms with van der Waals surface area (Å²) >= 11 is 0. The third kappa shape index (κ3) is 4.36. The van der Waals surface area contributed by atoms with Crippen molar-refractivity contribution in [2.75, 3.05) is 10.6 Å². The summed E-state index contributed by atoms with van der Waals surface area (Å²) in [6.07, 6.45) is 2.75. The molecule has 0 saturated heterocycles. The molecule has 2 N–H and O–H groups in total. The summed E-state index contributed by atoms with van der Waals surface area (Å²) in [6, 6.07) is 12.9. The average molecular weight is 349 g/mol. The van der Waals surface area contributed by atoms with Crippen molar-refractivity contribution in [2.24, 2.45) is 0 Å². The van der Waals surface area contributed by atoms with Crippen LogP contribution in [0.3, 0.4) is 0 Å². The number of rotatable bonds is 5. The molecule has 132 valence electrons. The van der Waals surface area contributed by atoms with Crippen molar-refractivity contribution in [2.45, 2.75) is 20.3 Å². The molecule has 0 bridgehead atoms. The summed E-state index contributed by atoms with van der Waals surface area (Å²) in [5.74, 6) is -0.0667. The van der Waals surface area contributed by atoms with Crippen molar-refractivity contribution < 1.29 is 14.0 Å². The van der Waals surface area contributed by atoms with Gasteiger partial charge in [0.2, 0.25) is 11.8 Å². The van der Waals surface area contributed by atoms with Gasteiger partial charge in [0.05, 0.1) is 6.20 Å². The van der Waals surface area contributed by atoms with Crippen LogP contribution in [0.2, 0.25) is 0 Å². The van der Waals surface area contributed by atoms with Crippen LogP contribution in [0.25, 0.3) is 11.3 Å². The minimum Gasteiger partial charge on any atom is -0.444 e. The van der Waals surface area contributed by atoms with Crippen molar-refractivity contribution in [3.8, 4) is 11.3 Å². The molecule has 6 nitrogen and oxygen atoms in total. The maximum absolute atomic E-state index is 12.1. The van der Waals surface area contributed by atoms with Gasteiger partial charge in [0.1, 0.15) is 6.42 Å². The number of carbonyl (C=O) groups is 2. The molecule has 0 fully saturated rings. The maximum Gasteiger partial charge on any atom is 0.233 e. The molecule has 0 aliphatic heterocycles. The molecule has 0 unspecified atom stereocenters. The number of anilines is 2. The van der Waals surface area contributed by atoms with Crippen LogP contribution in [-0.2, 0) is 9.59 Å². The summed E-state index contributed by atoms with van der Waals surface area (Å²) in [6.45, 7) is 3.85. The Morgan fingerprint density at radius 3 is 2.35 bits per heavy atom. The third-order valence-electron chi connectivity index (χ3n) is 3.83. The van der Waals surface area contributed by atoms with Gasteiger partial charge in [0.25, 0.3) is 0 Å². The fraction of sp³-hybridized carbons (Fsp3) is 0.150. The molecule has 1 aromatic heterocycles. The number of hydrogen-bond donors (Lipinski definition) is 2. The van der Waals surface area contributed by atoms with Gasteiger partial charge < -0.3 is 15.1 Å². The lowest BCUT2D eigenvalue weighted by molar-refractivity contribution is -0.123. The summed E-state index contributed by atoms with van der Waals surface area (Å²) < 4.78 is 5.29. The van der Waals surface area contributed by atoms with Gasteiger partial charge in [-0.3, -0.25) is 9.59 Å². The molecule has 0 aliphatic carbocycles. The highest BCUT2D eigenvalue weighted by Crippen LogP contribution is 2.25. The quantitative estimate of drug-likeness (QED) is 0.684. The number of nitrogens with one attached hydrogen (secondary N) is 2. The lowest BCUT2D eigenvalue weighted by atomic mass is 10.1. The van der Waals surface area contributed by atoms with E-state index in [0.29, 0.717) is 17.1 Å². The predicted molar refractivity (Wildman–Crippen MR) is 99.7 cm³/mol.